The number of carbonyl (C=O) groups excluding carboxylic acids is 1. The molecular formula is C25H17Cl2F6N3O. The van der Waals surface area contributed by atoms with Crippen molar-refractivity contribution in [3.63, 3.8) is 0 Å². The second kappa shape index (κ2) is 9.57. The lowest BCUT2D eigenvalue weighted by Gasteiger charge is -2.27. The second-order valence-corrected chi connectivity index (χ2v) is 9.33. The normalized spacial score (nSPS) is 18.1. The molecular weight excluding hydrogens is 543 g/mol. The van der Waals surface area contributed by atoms with Gasteiger partial charge in [-0.1, -0.05) is 59.6 Å². The van der Waals surface area contributed by atoms with Gasteiger partial charge in [-0.05, 0) is 42.8 Å². The van der Waals surface area contributed by atoms with Gasteiger partial charge in [-0.2, -0.15) is 31.4 Å². The van der Waals surface area contributed by atoms with Crippen LogP contribution in [-0.2, 0) is 17.8 Å². The predicted octanol–water partition coefficient (Wildman–Crippen LogP) is 8.24. The maximum Gasteiger partial charge on any atom is 0.417 e. The van der Waals surface area contributed by atoms with Crippen molar-refractivity contribution in [2.75, 3.05) is 11.9 Å². The summed E-state index contributed by atoms with van der Waals surface area (Å²) in [6.07, 6.45) is -9.31. The summed E-state index contributed by atoms with van der Waals surface area (Å²) in [6, 6.07) is 14.1. The first-order valence-corrected chi connectivity index (χ1v) is 11.4. The molecule has 1 aliphatic heterocycles. The molecule has 4 rings (SSSR count). The van der Waals surface area contributed by atoms with Crippen molar-refractivity contribution in [1.82, 2.24) is 5.01 Å². The fourth-order valence-electron chi connectivity index (χ4n) is 4.07. The first-order valence-electron chi connectivity index (χ1n) is 10.7. The minimum Gasteiger partial charge on any atom is -0.306 e. The molecule has 1 heterocycles. The van der Waals surface area contributed by atoms with Crippen molar-refractivity contribution in [3.05, 3.63) is 99.0 Å². The van der Waals surface area contributed by atoms with Crippen molar-refractivity contribution in [3.8, 4) is 0 Å². The van der Waals surface area contributed by atoms with Gasteiger partial charge in [-0.25, -0.2) is 9.80 Å². The summed E-state index contributed by atoms with van der Waals surface area (Å²) < 4.78 is 78.6. The number of rotatable bonds is 3. The Kier molecular flexibility index (Phi) is 6.94. The number of nitrogens with one attached hydrogen (secondary N) is 1. The van der Waals surface area contributed by atoms with Crippen LogP contribution in [-0.4, -0.2) is 23.3 Å². The molecule has 1 unspecified atom stereocenters. The van der Waals surface area contributed by atoms with Gasteiger partial charge in [0.05, 0.1) is 38.8 Å². The molecule has 1 atom stereocenters. The quantitative estimate of drug-likeness (QED) is 0.322. The number of hydrogen-bond donors (Lipinski definition) is 1. The van der Waals surface area contributed by atoms with Crippen molar-refractivity contribution >= 4 is 40.6 Å². The van der Waals surface area contributed by atoms with E-state index in [9.17, 15) is 31.1 Å². The molecule has 0 fully saturated rings. The third-order valence-corrected chi connectivity index (χ3v) is 6.55. The maximum absolute atomic E-state index is 13.2. The number of hydrazone groups is 1. The lowest BCUT2D eigenvalue weighted by Crippen LogP contribution is -2.38. The minimum atomic E-state index is -4.66. The van der Waals surface area contributed by atoms with E-state index in [1.165, 1.54) is 6.07 Å². The van der Waals surface area contributed by atoms with E-state index < -0.39 is 45.0 Å². The lowest BCUT2D eigenvalue weighted by atomic mass is 9.76. The number of nitrogens with zero attached hydrogens (tertiary/aromatic N) is 2. The second-order valence-electron chi connectivity index (χ2n) is 8.52. The Labute approximate surface area is 217 Å². The van der Waals surface area contributed by atoms with Crippen LogP contribution < -0.4 is 5.32 Å². The zero-order valence-corrected chi connectivity index (χ0v) is 20.4. The summed E-state index contributed by atoms with van der Waals surface area (Å²) in [4.78, 5) is 13.0. The van der Waals surface area contributed by atoms with E-state index in [1.807, 2.05) is 0 Å². The van der Waals surface area contributed by atoms with E-state index in [4.69, 9.17) is 23.2 Å². The summed E-state index contributed by atoms with van der Waals surface area (Å²) in [5, 5.41) is 6.78. The Morgan fingerprint density at radius 1 is 0.892 bits per heavy atom. The van der Waals surface area contributed by atoms with Crippen molar-refractivity contribution in [2.45, 2.75) is 24.7 Å². The maximum atomic E-state index is 13.2. The Bertz CT molecular complexity index is 1380. The number of anilines is 1. The van der Waals surface area contributed by atoms with E-state index in [2.05, 4.69) is 10.4 Å². The van der Waals surface area contributed by atoms with Gasteiger partial charge >= 0.3 is 18.4 Å². The van der Waals surface area contributed by atoms with Gasteiger partial charge in [0, 0.05) is 11.3 Å². The number of amides is 2. The van der Waals surface area contributed by atoms with Gasteiger partial charge in [0.1, 0.15) is 0 Å². The fraction of sp³-hybridized carbons (Fsp3) is 0.200. The van der Waals surface area contributed by atoms with Gasteiger partial charge in [0.15, 0.2) is 0 Å². The largest absolute Gasteiger partial charge is 0.417 e. The van der Waals surface area contributed by atoms with Crippen LogP contribution in [0.1, 0.15) is 29.2 Å². The van der Waals surface area contributed by atoms with E-state index in [1.54, 1.807) is 37.3 Å². The molecule has 0 saturated carbocycles. The zero-order valence-electron chi connectivity index (χ0n) is 18.9. The van der Waals surface area contributed by atoms with Gasteiger partial charge in [-0.15, -0.1) is 0 Å². The number of alkyl halides is 6. The SMILES string of the molecule is CC1(c2ccccc2)CN(C(=O)Nc2ccc(C(F)(F)F)c(Cl)c2)N=C1c1ccc(C(F)(F)F)c(Cl)c1. The fourth-order valence-corrected chi connectivity index (χ4v) is 4.65. The van der Waals surface area contributed by atoms with Crippen LogP contribution in [0.25, 0.3) is 0 Å². The van der Waals surface area contributed by atoms with Crippen LogP contribution >= 0.6 is 23.2 Å². The topological polar surface area (TPSA) is 44.7 Å². The van der Waals surface area contributed by atoms with Crippen LogP contribution in [0.15, 0.2) is 71.8 Å². The zero-order chi connectivity index (χ0) is 27.2. The van der Waals surface area contributed by atoms with Crippen molar-refractivity contribution in [2.24, 2.45) is 5.10 Å². The third-order valence-electron chi connectivity index (χ3n) is 5.93. The molecule has 2 amide bonds. The smallest absolute Gasteiger partial charge is 0.306 e. The number of halogens is 8. The monoisotopic (exact) mass is 559 g/mol. The molecule has 1 N–H and O–H groups in total. The number of benzene rings is 3. The first-order chi connectivity index (χ1) is 17.2. The van der Waals surface area contributed by atoms with Crippen LogP contribution in [0.2, 0.25) is 10.0 Å². The third kappa shape index (κ3) is 5.40. The summed E-state index contributed by atoms with van der Waals surface area (Å²) in [5.41, 5.74) is -1.70. The van der Waals surface area contributed by atoms with Crippen molar-refractivity contribution in [1.29, 1.82) is 0 Å². The van der Waals surface area contributed by atoms with E-state index in [-0.39, 0.29) is 23.5 Å². The van der Waals surface area contributed by atoms with E-state index >= 15 is 0 Å². The molecule has 37 heavy (non-hydrogen) atoms. The predicted molar refractivity (Wildman–Crippen MR) is 129 cm³/mol. The summed E-state index contributed by atoms with van der Waals surface area (Å²) in [6.45, 7) is 1.76. The molecule has 3 aromatic carbocycles. The Morgan fingerprint density at radius 3 is 2.00 bits per heavy atom. The van der Waals surface area contributed by atoms with Gasteiger partial charge in [0.25, 0.3) is 0 Å². The number of hydrogen-bond acceptors (Lipinski definition) is 2. The van der Waals surface area contributed by atoms with Crippen LogP contribution in [0.3, 0.4) is 0 Å². The van der Waals surface area contributed by atoms with Crippen LogP contribution in [0.4, 0.5) is 36.8 Å². The molecule has 1 aliphatic rings. The van der Waals surface area contributed by atoms with Crippen molar-refractivity contribution < 1.29 is 31.1 Å². The molecule has 0 bridgehead atoms. The van der Waals surface area contributed by atoms with Gasteiger partial charge < -0.3 is 5.32 Å². The molecule has 0 saturated heterocycles. The molecule has 3 aromatic rings. The highest BCUT2D eigenvalue weighted by Gasteiger charge is 2.43. The van der Waals surface area contributed by atoms with Gasteiger partial charge in [-0.3, -0.25) is 0 Å². The summed E-state index contributed by atoms with van der Waals surface area (Å²) in [5.74, 6) is 0. The highest BCUT2D eigenvalue weighted by molar-refractivity contribution is 6.32. The molecule has 0 spiro atoms. The Balaban J connectivity index is 1.69. The standard InChI is InChI=1S/C25H17Cl2F6N3O/c1-23(15-5-3-2-4-6-15)13-36(22(37)34-16-8-10-18(20(27)12-16)25(31,32)33)35-21(23)14-7-9-17(19(26)11-14)24(28,29)30/h2-12H,13H2,1H3,(H,34,37). The molecule has 194 valence electrons. The molecule has 4 nitrogen and oxygen atoms in total. The molecule has 12 heteroatoms. The average molecular weight is 560 g/mol. The molecule has 0 radical (unpaired) electrons. The number of carbonyl (C=O) groups is 1. The lowest BCUT2D eigenvalue weighted by molar-refractivity contribution is -0.138. The summed E-state index contributed by atoms with van der Waals surface area (Å²) >= 11 is 11.7. The highest BCUT2D eigenvalue weighted by atomic mass is 35.5. The Hall–Kier alpha value is -3.24. The average Bonchev–Trinajstić information content (AvgIpc) is 3.17. The highest BCUT2D eigenvalue weighted by Crippen LogP contribution is 2.40. The summed E-state index contributed by atoms with van der Waals surface area (Å²) in [7, 11) is 0. The minimum absolute atomic E-state index is 0.00522. The van der Waals surface area contributed by atoms with Gasteiger partial charge in [0.2, 0.25) is 0 Å². The molecule has 0 aromatic heterocycles. The van der Waals surface area contributed by atoms with E-state index in [0.717, 1.165) is 40.9 Å². The Morgan fingerprint density at radius 2 is 1.46 bits per heavy atom. The van der Waals surface area contributed by atoms with Crippen LogP contribution in [0, 0.1) is 0 Å². The molecule has 0 aliphatic carbocycles. The van der Waals surface area contributed by atoms with E-state index in [0.29, 0.717) is 0 Å². The first kappa shape index (κ1) is 26.8. The number of urea groups is 1. The van der Waals surface area contributed by atoms with Crippen LogP contribution in [0.5, 0.6) is 0 Å².